The summed E-state index contributed by atoms with van der Waals surface area (Å²) in [7, 11) is 0. The van der Waals surface area contributed by atoms with E-state index in [4.69, 9.17) is 9.47 Å². The summed E-state index contributed by atoms with van der Waals surface area (Å²) in [4.78, 5) is 36.7. The minimum absolute atomic E-state index is 0.0648. The van der Waals surface area contributed by atoms with Gasteiger partial charge >= 0.3 is 5.69 Å². The van der Waals surface area contributed by atoms with Crippen LogP contribution < -0.4 is 9.47 Å². The van der Waals surface area contributed by atoms with E-state index >= 15 is 0 Å². The minimum atomic E-state index is -0.744. The van der Waals surface area contributed by atoms with Gasteiger partial charge in [-0.3, -0.25) is 24.6 Å². The molecule has 0 aromatic heterocycles. The fourth-order valence-corrected chi connectivity index (χ4v) is 3.92. The van der Waals surface area contributed by atoms with Gasteiger partial charge in [-0.15, -0.1) is 0 Å². The van der Waals surface area contributed by atoms with Gasteiger partial charge < -0.3 is 14.6 Å². The number of phenolic OH excluding ortho intramolecular Hbond substituents is 1. The molecule has 0 bridgehead atoms. The number of carbonyl (C=O) groups is 2. The molecule has 0 atom stereocenters. The fourth-order valence-electron chi connectivity index (χ4n) is 3.06. The van der Waals surface area contributed by atoms with Crippen molar-refractivity contribution in [2.75, 3.05) is 19.8 Å². The summed E-state index contributed by atoms with van der Waals surface area (Å²) in [5, 5.41) is 20.8. The molecule has 9 nitrogen and oxygen atoms in total. The monoisotopic (exact) mass is 458 g/mol. The molecule has 2 aromatic carbocycles. The number of aromatic hydroxyl groups is 1. The third-order valence-corrected chi connectivity index (χ3v) is 5.57. The molecule has 1 fully saturated rings. The SMILES string of the molecule is CCOc1cc(/C=C2\SC(=O)N(CCOc3cc(C)ccc3C)C2=O)cc([N+](=O)[O-])c1O. The molecule has 2 aromatic rings. The van der Waals surface area contributed by atoms with Gasteiger partial charge in [-0.25, -0.2) is 0 Å². The van der Waals surface area contributed by atoms with E-state index in [0.29, 0.717) is 5.75 Å². The molecule has 0 radical (unpaired) electrons. The number of benzene rings is 2. The lowest BCUT2D eigenvalue weighted by Gasteiger charge is -2.14. The van der Waals surface area contributed by atoms with Gasteiger partial charge in [0.1, 0.15) is 12.4 Å². The van der Waals surface area contributed by atoms with Gasteiger partial charge in [-0.05, 0) is 67.4 Å². The molecule has 168 valence electrons. The van der Waals surface area contributed by atoms with E-state index in [2.05, 4.69) is 0 Å². The first-order chi connectivity index (χ1) is 15.2. The van der Waals surface area contributed by atoms with Crippen molar-refractivity contribution >= 4 is 34.7 Å². The number of hydrogen-bond acceptors (Lipinski definition) is 8. The molecule has 0 unspecified atom stereocenters. The Labute approximate surface area is 188 Å². The van der Waals surface area contributed by atoms with E-state index in [0.717, 1.165) is 33.9 Å². The lowest BCUT2D eigenvalue weighted by molar-refractivity contribution is -0.386. The lowest BCUT2D eigenvalue weighted by atomic mass is 10.1. The number of phenols is 1. The molecule has 32 heavy (non-hydrogen) atoms. The topological polar surface area (TPSA) is 119 Å². The van der Waals surface area contributed by atoms with Gasteiger partial charge in [-0.2, -0.15) is 0 Å². The first kappa shape index (κ1) is 23.1. The number of thioether (sulfide) groups is 1. The zero-order valence-electron chi connectivity index (χ0n) is 17.8. The van der Waals surface area contributed by atoms with Gasteiger partial charge in [-0.1, -0.05) is 12.1 Å². The summed E-state index contributed by atoms with van der Waals surface area (Å²) in [6, 6.07) is 8.28. The third-order valence-electron chi connectivity index (χ3n) is 4.66. The van der Waals surface area contributed by atoms with Crippen LogP contribution in [0.3, 0.4) is 0 Å². The van der Waals surface area contributed by atoms with Gasteiger partial charge in [0.05, 0.1) is 23.0 Å². The van der Waals surface area contributed by atoms with E-state index in [9.17, 15) is 24.8 Å². The number of hydrogen-bond donors (Lipinski definition) is 1. The van der Waals surface area contributed by atoms with Gasteiger partial charge in [0.15, 0.2) is 5.75 Å². The van der Waals surface area contributed by atoms with E-state index in [1.54, 1.807) is 6.92 Å². The summed E-state index contributed by atoms with van der Waals surface area (Å²) in [5.41, 5.74) is 1.69. The van der Waals surface area contributed by atoms with Crippen molar-refractivity contribution < 1.29 is 29.1 Å². The predicted octanol–water partition coefficient (Wildman–Crippen LogP) is 4.43. The van der Waals surface area contributed by atoms with Crippen LogP contribution in [0.15, 0.2) is 35.2 Å². The molecule has 1 saturated heterocycles. The highest BCUT2D eigenvalue weighted by Gasteiger charge is 2.35. The number of amides is 2. The van der Waals surface area contributed by atoms with Crippen LogP contribution in [0.4, 0.5) is 10.5 Å². The quantitative estimate of drug-likeness (QED) is 0.350. The van der Waals surface area contributed by atoms with Crippen molar-refractivity contribution in [1.29, 1.82) is 0 Å². The average molecular weight is 458 g/mol. The van der Waals surface area contributed by atoms with Crippen LogP contribution in [0.2, 0.25) is 0 Å². The van der Waals surface area contributed by atoms with Crippen molar-refractivity contribution in [3.63, 3.8) is 0 Å². The molecule has 1 N–H and O–H groups in total. The minimum Gasteiger partial charge on any atom is -0.500 e. The zero-order chi connectivity index (χ0) is 23.4. The number of imide groups is 1. The van der Waals surface area contributed by atoms with Crippen molar-refractivity contribution in [2.45, 2.75) is 20.8 Å². The third kappa shape index (κ3) is 5.02. The highest BCUT2D eigenvalue weighted by Crippen LogP contribution is 2.39. The number of nitrogens with zero attached hydrogens (tertiary/aromatic N) is 2. The van der Waals surface area contributed by atoms with Gasteiger partial charge in [0.2, 0.25) is 5.75 Å². The number of ether oxygens (including phenoxy) is 2. The van der Waals surface area contributed by atoms with Gasteiger partial charge in [0, 0.05) is 6.07 Å². The maximum Gasteiger partial charge on any atom is 0.315 e. The number of carbonyl (C=O) groups excluding carboxylic acids is 2. The second-order valence-electron chi connectivity index (χ2n) is 7.03. The normalized spacial score (nSPS) is 14.8. The van der Waals surface area contributed by atoms with Crippen LogP contribution in [0.25, 0.3) is 6.08 Å². The van der Waals surface area contributed by atoms with Gasteiger partial charge in [0.25, 0.3) is 11.1 Å². The first-order valence-electron chi connectivity index (χ1n) is 9.81. The highest BCUT2D eigenvalue weighted by atomic mass is 32.2. The Morgan fingerprint density at radius 1 is 1.16 bits per heavy atom. The summed E-state index contributed by atoms with van der Waals surface area (Å²) >= 11 is 0.736. The molecule has 0 aliphatic carbocycles. The smallest absolute Gasteiger partial charge is 0.315 e. The van der Waals surface area contributed by atoms with E-state index in [-0.39, 0.29) is 36.0 Å². The van der Waals surface area contributed by atoms with Crippen molar-refractivity contribution in [3.8, 4) is 17.2 Å². The van der Waals surface area contributed by atoms with Crippen molar-refractivity contribution in [2.24, 2.45) is 0 Å². The van der Waals surface area contributed by atoms with Crippen LogP contribution >= 0.6 is 11.8 Å². The second kappa shape index (κ2) is 9.73. The Bertz CT molecular complexity index is 1110. The average Bonchev–Trinajstić information content (AvgIpc) is 3.00. The van der Waals surface area contributed by atoms with Crippen LogP contribution in [0.5, 0.6) is 17.2 Å². The molecule has 10 heteroatoms. The number of rotatable bonds is 8. The van der Waals surface area contributed by atoms with E-state index in [1.807, 2.05) is 32.0 Å². The zero-order valence-corrected chi connectivity index (χ0v) is 18.6. The molecule has 0 spiro atoms. The summed E-state index contributed by atoms with van der Waals surface area (Å²) in [5.74, 6) is -0.495. The molecule has 1 heterocycles. The Hall–Kier alpha value is -3.53. The molecule has 0 saturated carbocycles. The second-order valence-corrected chi connectivity index (χ2v) is 8.02. The molecular weight excluding hydrogens is 436 g/mol. The largest absolute Gasteiger partial charge is 0.500 e. The number of aryl methyl sites for hydroxylation is 2. The highest BCUT2D eigenvalue weighted by molar-refractivity contribution is 8.18. The van der Waals surface area contributed by atoms with E-state index in [1.165, 1.54) is 12.1 Å². The molecule has 1 aliphatic rings. The maximum absolute atomic E-state index is 12.7. The lowest BCUT2D eigenvalue weighted by Crippen LogP contribution is -2.32. The summed E-state index contributed by atoms with van der Waals surface area (Å²) < 4.78 is 11.0. The fraction of sp³-hybridized carbons (Fsp3) is 0.273. The molecule has 3 rings (SSSR count). The van der Waals surface area contributed by atoms with Crippen LogP contribution in [0.1, 0.15) is 23.6 Å². The Kier molecular flexibility index (Phi) is 7.04. The number of nitro groups is 1. The van der Waals surface area contributed by atoms with Crippen molar-refractivity contribution in [3.05, 3.63) is 62.0 Å². The Morgan fingerprint density at radius 3 is 2.59 bits per heavy atom. The van der Waals surface area contributed by atoms with Crippen molar-refractivity contribution in [1.82, 2.24) is 4.90 Å². The molecular formula is C22H22N2O7S. The summed E-state index contributed by atoms with van der Waals surface area (Å²) in [6.45, 7) is 5.90. The molecule has 1 aliphatic heterocycles. The standard InChI is InChI=1S/C22H22N2O7S/c1-4-30-18-11-15(10-16(20(18)25)24(28)29)12-19-21(26)23(22(27)32-19)7-8-31-17-9-13(2)5-6-14(17)3/h5-6,9-12,25H,4,7-8H2,1-3H3/b19-12-. The maximum atomic E-state index is 12.7. The van der Waals surface area contributed by atoms with E-state index < -0.39 is 27.5 Å². The first-order valence-corrected chi connectivity index (χ1v) is 10.6. The Morgan fingerprint density at radius 2 is 1.91 bits per heavy atom. The Balaban J connectivity index is 1.76. The summed E-state index contributed by atoms with van der Waals surface area (Å²) in [6.07, 6.45) is 1.37. The van der Waals surface area contributed by atoms with Crippen LogP contribution in [-0.2, 0) is 4.79 Å². The van der Waals surface area contributed by atoms with Crippen LogP contribution in [-0.4, -0.2) is 45.8 Å². The number of nitro benzene ring substituents is 1. The predicted molar refractivity (Wildman–Crippen MR) is 120 cm³/mol. The molecule has 2 amide bonds. The van der Waals surface area contributed by atoms with Crippen LogP contribution in [0, 0.1) is 24.0 Å².